The summed E-state index contributed by atoms with van der Waals surface area (Å²) in [7, 11) is -3.98. The summed E-state index contributed by atoms with van der Waals surface area (Å²) < 4.78 is 28.6. The van der Waals surface area contributed by atoms with E-state index in [9.17, 15) is 23.1 Å². The van der Waals surface area contributed by atoms with Crippen LogP contribution in [0.5, 0.6) is 0 Å². The highest BCUT2D eigenvalue weighted by atomic mass is 32.2. The molecule has 0 aromatic heterocycles. The lowest BCUT2D eigenvalue weighted by atomic mass is 9.54. The molecular formula is C27H37N3O5S. The van der Waals surface area contributed by atoms with Crippen molar-refractivity contribution in [3.05, 3.63) is 35.4 Å². The Hall–Kier alpha value is -1.97. The highest BCUT2D eigenvalue weighted by Gasteiger charge is 2.52. The fourth-order valence-electron chi connectivity index (χ4n) is 8.45. The summed E-state index contributed by atoms with van der Waals surface area (Å²) in [5.41, 5.74) is 1.45. The number of rotatable bonds is 6. The number of nitrogens with one attached hydrogen (secondary N) is 2. The van der Waals surface area contributed by atoms with E-state index in [2.05, 4.69) is 16.7 Å². The first-order valence-corrected chi connectivity index (χ1v) is 15.2. The molecule has 2 aliphatic heterocycles. The van der Waals surface area contributed by atoms with Crippen LogP contribution in [0.25, 0.3) is 0 Å². The minimum atomic E-state index is -3.98. The predicted molar refractivity (Wildman–Crippen MR) is 135 cm³/mol. The molecule has 1 saturated heterocycles. The van der Waals surface area contributed by atoms with Gasteiger partial charge in [0.05, 0.1) is 12.2 Å². The third kappa shape index (κ3) is 4.17. The number of carbonyl (C=O) groups excluding carboxylic acids is 1. The molecule has 1 amide bonds. The first-order chi connectivity index (χ1) is 17.3. The number of hydrogen-bond donors (Lipinski definition) is 3. The van der Waals surface area contributed by atoms with Crippen molar-refractivity contribution in [3.8, 4) is 0 Å². The average Bonchev–Trinajstić information content (AvgIpc) is 2.85. The highest BCUT2D eigenvalue weighted by Crippen LogP contribution is 2.54. The van der Waals surface area contributed by atoms with Crippen molar-refractivity contribution < 1.29 is 23.1 Å². The molecule has 1 aromatic rings. The molecule has 6 aliphatic rings. The highest BCUT2D eigenvalue weighted by molar-refractivity contribution is 7.89. The largest absolute Gasteiger partial charge is 0.481 e. The zero-order valence-electron chi connectivity index (χ0n) is 20.7. The molecule has 7 rings (SSSR count). The Morgan fingerprint density at radius 1 is 1.03 bits per heavy atom. The number of carboxylic acids is 1. The van der Waals surface area contributed by atoms with E-state index in [1.165, 1.54) is 10.7 Å². The van der Waals surface area contributed by atoms with Gasteiger partial charge < -0.3 is 15.7 Å². The number of aliphatic carboxylic acids is 1. The Kier molecular flexibility index (Phi) is 6.16. The van der Waals surface area contributed by atoms with E-state index in [0.717, 1.165) is 74.6 Å². The zero-order chi connectivity index (χ0) is 25.1. The number of benzene rings is 1. The van der Waals surface area contributed by atoms with Gasteiger partial charge in [-0.05, 0) is 92.8 Å². The first kappa shape index (κ1) is 24.4. The smallest absolute Gasteiger partial charge is 0.304 e. The third-order valence-electron chi connectivity index (χ3n) is 9.85. The second kappa shape index (κ2) is 9.10. The number of fused-ring (bicyclic) bond motifs is 2. The quantitative estimate of drug-likeness (QED) is 0.536. The summed E-state index contributed by atoms with van der Waals surface area (Å²) in [6.45, 7) is 1.78. The molecule has 9 heteroatoms. The van der Waals surface area contributed by atoms with Crippen molar-refractivity contribution in [3.63, 3.8) is 0 Å². The Labute approximate surface area is 213 Å². The normalized spacial score (nSPS) is 34.9. The summed E-state index contributed by atoms with van der Waals surface area (Å²) in [6.07, 6.45) is 7.06. The van der Waals surface area contributed by atoms with Crippen molar-refractivity contribution in [1.82, 2.24) is 14.9 Å². The van der Waals surface area contributed by atoms with E-state index in [4.69, 9.17) is 0 Å². The van der Waals surface area contributed by atoms with Crippen LogP contribution in [-0.2, 0) is 25.0 Å². The Bertz CT molecular complexity index is 1120. The number of amides is 1. The van der Waals surface area contributed by atoms with Crippen molar-refractivity contribution in [1.29, 1.82) is 0 Å². The van der Waals surface area contributed by atoms with Gasteiger partial charge in [0.1, 0.15) is 6.04 Å². The third-order valence-corrected chi connectivity index (χ3v) is 11.6. The summed E-state index contributed by atoms with van der Waals surface area (Å²) in [5.74, 6) is 0.631. The number of piperidine rings is 1. The number of carboxylic acid groups (broad SMARTS) is 1. The molecule has 4 bridgehead atoms. The maximum absolute atomic E-state index is 14.1. The summed E-state index contributed by atoms with van der Waals surface area (Å²) in [4.78, 5) is 25.3. The van der Waals surface area contributed by atoms with Crippen LogP contribution in [0, 0.1) is 23.7 Å². The minimum absolute atomic E-state index is 0.107. The molecule has 4 saturated carbocycles. The predicted octanol–water partition coefficient (Wildman–Crippen LogP) is 2.41. The van der Waals surface area contributed by atoms with Crippen LogP contribution < -0.4 is 10.6 Å². The lowest BCUT2D eigenvalue weighted by Gasteiger charge is -2.55. The van der Waals surface area contributed by atoms with E-state index in [1.54, 1.807) is 0 Å². The Morgan fingerprint density at radius 2 is 1.67 bits per heavy atom. The molecular weight excluding hydrogens is 478 g/mol. The molecule has 1 unspecified atom stereocenters. The van der Waals surface area contributed by atoms with Crippen LogP contribution in [-0.4, -0.2) is 61.1 Å². The van der Waals surface area contributed by atoms with E-state index in [0.29, 0.717) is 11.8 Å². The van der Waals surface area contributed by atoms with Crippen LogP contribution in [0.15, 0.2) is 24.3 Å². The minimum Gasteiger partial charge on any atom is -0.481 e. The SMILES string of the molecule is O=C(O)CCS(=O)(=O)N1CC2(CCNCC2)c2ccccc2C1C(=O)NC1C2CC3CC(C2)CC1C3. The summed E-state index contributed by atoms with van der Waals surface area (Å²) in [6, 6.07) is 6.96. The van der Waals surface area contributed by atoms with Gasteiger partial charge >= 0.3 is 5.97 Å². The van der Waals surface area contributed by atoms with Gasteiger partial charge in [-0.1, -0.05) is 24.3 Å². The van der Waals surface area contributed by atoms with Crippen LogP contribution in [0.2, 0.25) is 0 Å². The maximum atomic E-state index is 14.1. The fraction of sp³-hybridized carbons (Fsp3) is 0.704. The molecule has 2 heterocycles. The Balaban J connectivity index is 1.36. The average molecular weight is 516 g/mol. The van der Waals surface area contributed by atoms with Gasteiger partial charge in [0.25, 0.3) is 0 Å². The van der Waals surface area contributed by atoms with E-state index in [1.807, 2.05) is 18.2 Å². The lowest BCUT2D eigenvalue weighted by Crippen LogP contribution is -2.60. The molecule has 5 fully saturated rings. The second-order valence-corrected chi connectivity index (χ2v) is 14.0. The van der Waals surface area contributed by atoms with E-state index >= 15 is 0 Å². The van der Waals surface area contributed by atoms with Crippen molar-refractivity contribution >= 4 is 21.9 Å². The summed E-state index contributed by atoms with van der Waals surface area (Å²) in [5, 5.41) is 15.9. The van der Waals surface area contributed by atoms with Gasteiger partial charge in [-0.15, -0.1) is 0 Å². The monoisotopic (exact) mass is 515 g/mol. The van der Waals surface area contributed by atoms with Gasteiger partial charge in [-0.3, -0.25) is 9.59 Å². The van der Waals surface area contributed by atoms with E-state index < -0.39 is 34.2 Å². The molecule has 4 aliphatic carbocycles. The molecule has 196 valence electrons. The number of carbonyl (C=O) groups is 2. The van der Waals surface area contributed by atoms with Crippen LogP contribution in [0.1, 0.15) is 68.5 Å². The van der Waals surface area contributed by atoms with Crippen LogP contribution in [0.3, 0.4) is 0 Å². The molecule has 3 N–H and O–H groups in total. The van der Waals surface area contributed by atoms with Crippen molar-refractivity contribution in [2.24, 2.45) is 23.7 Å². The number of sulfonamides is 1. The van der Waals surface area contributed by atoms with E-state index in [-0.39, 0.29) is 23.9 Å². The van der Waals surface area contributed by atoms with Crippen molar-refractivity contribution in [2.75, 3.05) is 25.4 Å². The number of nitrogens with zero attached hydrogens (tertiary/aromatic N) is 1. The van der Waals surface area contributed by atoms with Crippen LogP contribution >= 0.6 is 0 Å². The second-order valence-electron chi connectivity index (χ2n) is 12.0. The molecule has 1 aromatic carbocycles. The summed E-state index contributed by atoms with van der Waals surface area (Å²) >= 11 is 0. The zero-order valence-corrected chi connectivity index (χ0v) is 21.5. The lowest BCUT2D eigenvalue weighted by molar-refractivity contribution is -0.136. The maximum Gasteiger partial charge on any atom is 0.304 e. The molecule has 0 radical (unpaired) electrons. The molecule has 1 spiro atoms. The van der Waals surface area contributed by atoms with Crippen molar-refractivity contribution in [2.45, 2.75) is 68.9 Å². The van der Waals surface area contributed by atoms with Crippen LogP contribution in [0.4, 0.5) is 0 Å². The van der Waals surface area contributed by atoms with Gasteiger partial charge in [-0.25, -0.2) is 8.42 Å². The van der Waals surface area contributed by atoms with Gasteiger partial charge in [0.2, 0.25) is 15.9 Å². The topological polar surface area (TPSA) is 116 Å². The molecule has 1 atom stereocenters. The Morgan fingerprint density at radius 3 is 2.31 bits per heavy atom. The van der Waals surface area contributed by atoms with Gasteiger partial charge in [0.15, 0.2) is 0 Å². The fourth-order valence-corrected chi connectivity index (χ4v) is 10.1. The van der Waals surface area contributed by atoms with Gasteiger partial charge in [-0.2, -0.15) is 4.31 Å². The van der Waals surface area contributed by atoms with Gasteiger partial charge in [0, 0.05) is 18.0 Å². The number of hydrogen-bond acceptors (Lipinski definition) is 5. The molecule has 8 nitrogen and oxygen atoms in total. The molecule has 36 heavy (non-hydrogen) atoms. The first-order valence-electron chi connectivity index (χ1n) is 13.6. The standard InChI is InChI=1S/C27H37N3O5S/c31-23(32)5-10-36(34,35)30-16-27(6-8-28-9-7-27)22-4-2-1-3-21(22)25(30)26(33)29-24-19-12-17-11-18(14-19)15-20(24)13-17/h1-4,17-20,24-25,28H,5-16H2,(H,29,33)(H,31,32).